The fraction of sp³-hybridized carbons (Fsp3) is 0.833. The Labute approximate surface area is 139 Å². The van der Waals surface area contributed by atoms with Crippen LogP contribution in [-0.4, -0.2) is 80.9 Å². The van der Waals surface area contributed by atoms with E-state index in [1.807, 2.05) is 0 Å². The number of rotatable bonds is 9. The van der Waals surface area contributed by atoms with Crippen molar-refractivity contribution in [3.05, 3.63) is 0 Å². The van der Waals surface area contributed by atoms with Gasteiger partial charge in [0.05, 0.1) is 24.7 Å². The van der Waals surface area contributed by atoms with Gasteiger partial charge in [-0.1, -0.05) is 0 Å². The fourth-order valence-corrected chi connectivity index (χ4v) is 4.09. The summed E-state index contributed by atoms with van der Waals surface area (Å²) in [7, 11) is -3.08. The van der Waals surface area contributed by atoms with Gasteiger partial charge in [-0.2, -0.15) is 0 Å². The monoisotopic (exact) mass is 375 g/mol. The maximum Gasteiger partial charge on any atom is 0.320 e. The molecule has 1 aliphatic rings. The van der Waals surface area contributed by atoms with E-state index in [1.54, 1.807) is 0 Å². The first-order chi connectivity index (χ1) is 10.4. The minimum Gasteiger partial charge on any atom is -0.462 e. The molecule has 1 heterocycles. The summed E-state index contributed by atoms with van der Waals surface area (Å²) in [6, 6.07) is -0.353. The minimum absolute atomic E-state index is 0.0387. The Morgan fingerprint density at radius 1 is 1.14 bits per heavy atom. The first-order valence-corrected chi connectivity index (χ1v) is 9.64. The van der Waals surface area contributed by atoms with Crippen molar-refractivity contribution in [2.24, 2.45) is 0 Å². The summed E-state index contributed by atoms with van der Waals surface area (Å²) in [6.45, 7) is 0.702. The van der Waals surface area contributed by atoms with Crippen molar-refractivity contribution in [3.63, 3.8) is 0 Å². The van der Waals surface area contributed by atoms with Gasteiger partial charge in [0.2, 0.25) is 5.91 Å². The Bertz CT molecular complexity index is 484. The number of carbonyl (C=O) groups excluding carboxylic acids is 2. The molecule has 0 aromatic heterocycles. The van der Waals surface area contributed by atoms with Crippen LogP contribution in [-0.2, 0) is 28.9 Å². The zero-order valence-electron chi connectivity index (χ0n) is 12.0. The second-order valence-corrected chi connectivity index (χ2v) is 7.51. The van der Waals surface area contributed by atoms with Crippen molar-refractivity contribution >= 4 is 44.9 Å². The standard InChI is InChI=1S/C12H19Cl2NO6S/c13-7-11(16)15(10-1-6-22(18,19)9-10)2-3-20-4-5-21-12(17)8-14/h10H,1-9H2/t10-/m0/s1. The third kappa shape index (κ3) is 6.68. The normalized spacial score (nSPS) is 19.8. The molecule has 22 heavy (non-hydrogen) atoms. The van der Waals surface area contributed by atoms with Gasteiger partial charge in [0.1, 0.15) is 18.4 Å². The minimum atomic E-state index is -3.08. The van der Waals surface area contributed by atoms with E-state index in [1.165, 1.54) is 4.90 Å². The van der Waals surface area contributed by atoms with E-state index in [9.17, 15) is 18.0 Å². The molecule has 1 saturated heterocycles. The van der Waals surface area contributed by atoms with Crippen molar-refractivity contribution in [2.45, 2.75) is 12.5 Å². The van der Waals surface area contributed by atoms with Gasteiger partial charge in [-0.3, -0.25) is 9.59 Å². The first-order valence-electron chi connectivity index (χ1n) is 6.75. The van der Waals surface area contributed by atoms with Crippen molar-refractivity contribution in [1.82, 2.24) is 4.90 Å². The predicted octanol–water partition coefficient (Wildman–Crippen LogP) is 0.0395. The average Bonchev–Trinajstić information content (AvgIpc) is 2.85. The zero-order chi connectivity index (χ0) is 16.6. The molecule has 0 aromatic rings. The van der Waals surface area contributed by atoms with Gasteiger partial charge in [-0.15, -0.1) is 23.2 Å². The molecule has 1 aliphatic heterocycles. The topological polar surface area (TPSA) is 90.0 Å². The first kappa shape index (κ1) is 19.5. The van der Waals surface area contributed by atoms with Crippen LogP contribution in [0.2, 0.25) is 0 Å². The lowest BCUT2D eigenvalue weighted by molar-refractivity contribution is -0.142. The molecule has 0 unspecified atom stereocenters. The van der Waals surface area contributed by atoms with Gasteiger partial charge in [-0.25, -0.2) is 8.42 Å². The van der Waals surface area contributed by atoms with Crippen LogP contribution < -0.4 is 0 Å². The molecule has 1 rings (SSSR count). The van der Waals surface area contributed by atoms with Crippen molar-refractivity contribution in [2.75, 3.05) is 49.6 Å². The summed E-state index contributed by atoms with van der Waals surface area (Å²) >= 11 is 10.8. The molecule has 1 amide bonds. The maximum absolute atomic E-state index is 11.8. The van der Waals surface area contributed by atoms with E-state index in [-0.39, 0.29) is 61.6 Å². The van der Waals surface area contributed by atoms with Crippen LogP contribution in [0.25, 0.3) is 0 Å². The zero-order valence-corrected chi connectivity index (χ0v) is 14.3. The number of amides is 1. The second-order valence-electron chi connectivity index (χ2n) is 4.74. The molecule has 0 radical (unpaired) electrons. The molecule has 7 nitrogen and oxygen atoms in total. The van der Waals surface area contributed by atoms with Gasteiger partial charge in [0, 0.05) is 12.6 Å². The fourth-order valence-electron chi connectivity index (χ4n) is 2.13. The van der Waals surface area contributed by atoms with Crippen LogP contribution in [0.15, 0.2) is 0 Å². The van der Waals surface area contributed by atoms with Gasteiger partial charge < -0.3 is 14.4 Å². The van der Waals surface area contributed by atoms with E-state index in [2.05, 4.69) is 0 Å². The van der Waals surface area contributed by atoms with Gasteiger partial charge in [-0.05, 0) is 6.42 Å². The number of halogens is 2. The predicted molar refractivity (Wildman–Crippen MR) is 82.0 cm³/mol. The summed E-state index contributed by atoms with van der Waals surface area (Å²) in [5.74, 6) is -1.22. The van der Waals surface area contributed by atoms with Gasteiger partial charge in [0.25, 0.3) is 0 Å². The number of nitrogens with zero attached hydrogens (tertiary/aromatic N) is 1. The molecule has 0 N–H and O–H groups in total. The Morgan fingerprint density at radius 3 is 2.41 bits per heavy atom. The van der Waals surface area contributed by atoms with Crippen LogP contribution in [0.1, 0.15) is 6.42 Å². The van der Waals surface area contributed by atoms with Crippen LogP contribution in [0.5, 0.6) is 0 Å². The van der Waals surface area contributed by atoms with E-state index in [4.69, 9.17) is 32.7 Å². The SMILES string of the molecule is O=C(CCl)OCCOCCN(C(=O)CCl)[C@H]1CCS(=O)(=O)C1. The van der Waals surface area contributed by atoms with Gasteiger partial charge >= 0.3 is 5.97 Å². The Hall–Kier alpha value is -0.570. The van der Waals surface area contributed by atoms with Crippen LogP contribution in [0, 0.1) is 0 Å². The van der Waals surface area contributed by atoms with Crippen LogP contribution in [0.4, 0.5) is 0 Å². The number of ether oxygens (including phenoxy) is 2. The highest BCUT2D eigenvalue weighted by atomic mass is 35.5. The number of alkyl halides is 2. The third-order valence-electron chi connectivity index (χ3n) is 3.16. The number of sulfone groups is 1. The Morgan fingerprint density at radius 2 is 1.86 bits per heavy atom. The van der Waals surface area contributed by atoms with E-state index in [0.29, 0.717) is 6.42 Å². The van der Waals surface area contributed by atoms with Crippen molar-refractivity contribution in [1.29, 1.82) is 0 Å². The lowest BCUT2D eigenvalue weighted by atomic mass is 10.2. The molecule has 128 valence electrons. The van der Waals surface area contributed by atoms with Crippen LogP contribution in [0.3, 0.4) is 0 Å². The molecule has 0 aliphatic carbocycles. The molecule has 10 heteroatoms. The third-order valence-corrected chi connectivity index (χ3v) is 5.36. The summed E-state index contributed by atoms with van der Waals surface area (Å²) in [4.78, 5) is 24.0. The molecule has 0 saturated carbocycles. The number of carbonyl (C=O) groups is 2. The molecule has 0 spiro atoms. The number of esters is 1. The summed E-state index contributed by atoms with van der Waals surface area (Å²) in [5.41, 5.74) is 0. The molecule has 1 atom stereocenters. The summed E-state index contributed by atoms with van der Waals surface area (Å²) in [6.07, 6.45) is 0.415. The van der Waals surface area contributed by atoms with E-state index in [0.717, 1.165) is 0 Å². The Kier molecular flexibility index (Phi) is 8.45. The lowest BCUT2D eigenvalue weighted by Crippen LogP contribution is -2.43. The number of hydrogen-bond acceptors (Lipinski definition) is 6. The highest BCUT2D eigenvalue weighted by Gasteiger charge is 2.34. The average molecular weight is 376 g/mol. The second kappa shape index (κ2) is 9.54. The van der Waals surface area contributed by atoms with E-state index >= 15 is 0 Å². The molecular weight excluding hydrogens is 357 g/mol. The molecule has 0 aromatic carbocycles. The highest BCUT2D eigenvalue weighted by molar-refractivity contribution is 7.91. The molecule has 0 bridgehead atoms. The van der Waals surface area contributed by atoms with Gasteiger partial charge in [0.15, 0.2) is 9.84 Å². The smallest absolute Gasteiger partial charge is 0.320 e. The largest absolute Gasteiger partial charge is 0.462 e. The summed E-state index contributed by atoms with van der Waals surface area (Å²) in [5, 5.41) is 0. The number of hydrogen-bond donors (Lipinski definition) is 0. The lowest BCUT2D eigenvalue weighted by Gasteiger charge is -2.27. The Balaban J connectivity index is 2.34. The van der Waals surface area contributed by atoms with E-state index < -0.39 is 15.8 Å². The maximum atomic E-state index is 11.8. The van der Waals surface area contributed by atoms with Crippen molar-refractivity contribution in [3.8, 4) is 0 Å². The van der Waals surface area contributed by atoms with Crippen LogP contribution >= 0.6 is 23.2 Å². The molecule has 1 fully saturated rings. The highest BCUT2D eigenvalue weighted by Crippen LogP contribution is 2.18. The van der Waals surface area contributed by atoms with Crippen molar-refractivity contribution < 1.29 is 27.5 Å². The molecular formula is C12H19Cl2NO6S. The quantitative estimate of drug-likeness (QED) is 0.321. The summed E-state index contributed by atoms with van der Waals surface area (Å²) < 4.78 is 33.0.